The summed E-state index contributed by atoms with van der Waals surface area (Å²) in [6.45, 7) is 6.47. The zero-order chi connectivity index (χ0) is 57.8. The molecule has 454 valence electrons. The Morgan fingerprint density at radius 3 is 0.800 bits per heavy atom. The molecule has 6 heteroatoms. The Morgan fingerprint density at radius 2 is 0.487 bits per heavy atom. The van der Waals surface area contributed by atoms with Gasteiger partial charge in [0.25, 0.3) is 0 Å². The van der Waals surface area contributed by atoms with Crippen LogP contribution in [0, 0.1) is 0 Å². The van der Waals surface area contributed by atoms with Gasteiger partial charge in [0.1, 0.15) is 13.2 Å². The van der Waals surface area contributed by atoms with Gasteiger partial charge in [-0.15, -0.1) is 0 Å². The fourth-order valence-corrected chi connectivity index (χ4v) is 8.89. The molecule has 0 saturated carbocycles. The van der Waals surface area contributed by atoms with Crippen molar-refractivity contribution in [3.63, 3.8) is 0 Å². The number of unbranched alkanes of at least 4 members (excludes halogenated alkanes) is 26. The molecular weight excluding hydrogens is 985 g/mol. The fraction of sp³-hybridized carbons (Fsp3) is 0.662. The minimum atomic E-state index is -0.803. The van der Waals surface area contributed by atoms with Gasteiger partial charge >= 0.3 is 17.9 Å². The molecule has 0 aromatic carbocycles. The van der Waals surface area contributed by atoms with Crippen LogP contribution >= 0.6 is 0 Å². The van der Waals surface area contributed by atoms with Gasteiger partial charge in [0, 0.05) is 19.3 Å². The molecule has 0 amide bonds. The van der Waals surface area contributed by atoms with Crippen LogP contribution in [0.1, 0.15) is 297 Å². The molecule has 0 bridgehead atoms. The van der Waals surface area contributed by atoms with Gasteiger partial charge in [-0.3, -0.25) is 14.4 Å². The molecule has 6 nitrogen and oxygen atoms in total. The quantitative estimate of drug-likeness (QED) is 0.0261. The molecule has 0 heterocycles. The van der Waals surface area contributed by atoms with E-state index in [0.29, 0.717) is 19.3 Å². The minimum absolute atomic E-state index is 0.0980. The normalized spacial score (nSPS) is 13.0. The van der Waals surface area contributed by atoms with Crippen molar-refractivity contribution in [1.29, 1.82) is 0 Å². The summed E-state index contributed by atoms with van der Waals surface area (Å²) in [4.78, 5) is 38.4. The molecule has 0 aliphatic heterocycles. The van der Waals surface area contributed by atoms with E-state index < -0.39 is 6.10 Å². The first kappa shape index (κ1) is 75.5. The lowest BCUT2D eigenvalue weighted by Crippen LogP contribution is -2.30. The van der Waals surface area contributed by atoms with E-state index in [9.17, 15) is 14.4 Å². The minimum Gasteiger partial charge on any atom is -0.462 e. The van der Waals surface area contributed by atoms with Crippen molar-refractivity contribution >= 4 is 17.9 Å². The van der Waals surface area contributed by atoms with E-state index in [0.717, 1.165) is 148 Å². The second-order valence-corrected chi connectivity index (χ2v) is 21.6. The molecule has 0 radical (unpaired) electrons. The first-order valence-corrected chi connectivity index (χ1v) is 33.2. The van der Waals surface area contributed by atoms with E-state index in [4.69, 9.17) is 14.2 Å². The molecule has 0 fully saturated rings. The molecule has 0 aromatic heterocycles. The molecule has 0 N–H and O–H groups in total. The Hall–Kier alpha value is -4.45. The zero-order valence-electron chi connectivity index (χ0n) is 52.0. The molecule has 0 spiro atoms. The van der Waals surface area contributed by atoms with E-state index in [-0.39, 0.29) is 31.1 Å². The van der Waals surface area contributed by atoms with Crippen molar-refractivity contribution in [2.75, 3.05) is 13.2 Å². The predicted octanol–water partition coefficient (Wildman–Crippen LogP) is 22.9. The molecule has 1 atom stereocenters. The van der Waals surface area contributed by atoms with Crippen LogP contribution in [-0.4, -0.2) is 37.2 Å². The van der Waals surface area contributed by atoms with Crippen LogP contribution in [0.5, 0.6) is 0 Å². The van der Waals surface area contributed by atoms with Crippen LogP contribution in [0.25, 0.3) is 0 Å². The Bertz CT molecular complexity index is 1700. The third kappa shape index (κ3) is 64.4. The molecule has 80 heavy (non-hydrogen) atoms. The van der Waals surface area contributed by atoms with Crippen molar-refractivity contribution in [2.45, 2.75) is 303 Å². The van der Waals surface area contributed by atoms with Crippen LogP contribution in [-0.2, 0) is 28.6 Å². The topological polar surface area (TPSA) is 78.9 Å². The first-order chi connectivity index (χ1) is 39.5. The van der Waals surface area contributed by atoms with Gasteiger partial charge in [-0.25, -0.2) is 0 Å². The maximum Gasteiger partial charge on any atom is 0.306 e. The second-order valence-electron chi connectivity index (χ2n) is 21.6. The lowest BCUT2D eigenvalue weighted by molar-refractivity contribution is -0.167. The number of hydrogen-bond donors (Lipinski definition) is 0. The standard InChI is InChI=1S/C74H122O6/c1-4-7-10-13-16-19-22-25-28-30-32-33-34-35-36-37-38-39-40-41-42-44-46-49-52-55-58-61-64-67-73(76)79-70-71(69-78-72(75)66-63-60-57-54-51-48-45-27-24-21-18-15-12-9-6-3)80-74(77)68-65-62-59-56-53-50-47-43-31-29-26-23-20-17-14-11-8-5-2/h7,10,16,18-19,21,25,27-29,31-33,35-36,38-39,41-42,45-46,49,71H,4-6,8-9,11-15,17,20,22-24,26,30,34,37,40,43-44,47-48,50-70H2,1-3H3/b10-7-,19-16-,21-18-,28-25-,31-29-,33-32-,36-35-,39-38-,42-41-,45-27-,49-46-. The molecule has 0 aliphatic rings. The van der Waals surface area contributed by atoms with E-state index >= 15 is 0 Å². The van der Waals surface area contributed by atoms with Crippen molar-refractivity contribution in [3.05, 3.63) is 134 Å². The first-order valence-electron chi connectivity index (χ1n) is 33.2. The maximum atomic E-state index is 12.9. The Labute approximate surface area is 494 Å². The SMILES string of the molecule is CC/C=C\C/C=C\C/C=C\C/C=C\C/C=C\C/C=C\C/C=C\C/C=C\CCCCCCC(=O)OCC(COC(=O)CCCCCCC/C=C\C/C=C\CCCCC)OC(=O)CCCCCCCCC/C=C\CCCCCCCCC. The van der Waals surface area contributed by atoms with E-state index in [1.54, 1.807) is 0 Å². The number of rotatable bonds is 59. The van der Waals surface area contributed by atoms with Gasteiger partial charge in [-0.1, -0.05) is 270 Å². The monoisotopic (exact) mass is 1110 g/mol. The summed E-state index contributed by atoms with van der Waals surface area (Å²) in [5.41, 5.74) is 0. The van der Waals surface area contributed by atoms with E-state index in [1.807, 2.05) is 0 Å². The van der Waals surface area contributed by atoms with Gasteiger partial charge < -0.3 is 14.2 Å². The summed E-state index contributed by atoms with van der Waals surface area (Å²) in [5, 5.41) is 0. The Kier molecular flexibility index (Phi) is 63.3. The van der Waals surface area contributed by atoms with E-state index in [1.165, 1.54) is 109 Å². The summed E-state index contributed by atoms with van der Waals surface area (Å²) < 4.78 is 16.9. The second kappa shape index (κ2) is 67.1. The van der Waals surface area contributed by atoms with Crippen LogP contribution in [0.4, 0.5) is 0 Å². The summed E-state index contributed by atoms with van der Waals surface area (Å²) in [6, 6.07) is 0. The predicted molar refractivity (Wildman–Crippen MR) is 348 cm³/mol. The highest BCUT2D eigenvalue weighted by Gasteiger charge is 2.19. The third-order valence-electron chi connectivity index (χ3n) is 13.9. The van der Waals surface area contributed by atoms with Gasteiger partial charge in [0.2, 0.25) is 0 Å². The summed E-state index contributed by atoms with van der Waals surface area (Å²) >= 11 is 0. The fourth-order valence-electron chi connectivity index (χ4n) is 8.89. The molecule has 0 rings (SSSR count). The average Bonchev–Trinajstić information content (AvgIpc) is 3.46. The van der Waals surface area contributed by atoms with Gasteiger partial charge in [0.05, 0.1) is 0 Å². The van der Waals surface area contributed by atoms with Crippen molar-refractivity contribution in [1.82, 2.24) is 0 Å². The molecule has 0 aliphatic carbocycles. The summed E-state index contributed by atoms with van der Waals surface area (Å²) in [6.07, 6.45) is 94.5. The van der Waals surface area contributed by atoms with Gasteiger partial charge in [-0.2, -0.15) is 0 Å². The van der Waals surface area contributed by atoms with E-state index in [2.05, 4.69) is 154 Å². The number of hydrogen-bond acceptors (Lipinski definition) is 6. The van der Waals surface area contributed by atoms with Gasteiger partial charge in [-0.05, 0) is 141 Å². The number of carbonyl (C=O) groups is 3. The summed E-state index contributed by atoms with van der Waals surface area (Å²) in [5.74, 6) is -0.937. The number of ether oxygens (including phenoxy) is 3. The maximum absolute atomic E-state index is 12.9. The lowest BCUT2D eigenvalue weighted by Gasteiger charge is -2.18. The highest BCUT2D eigenvalue weighted by atomic mass is 16.6. The highest BCUT2D eigenvalue weighted by molar-refractivity contribution is 5.71. The smallest absolute Gasteiger partial charge is 0.306 e. The number of carbonyl (C=O) groups excluding carboxylic acids is 3. The molecule has 0 aromatic rings. The van der Waals surface area contributed by atoms with Crippen LogP contribution in [0.3, 0.4) is 0 Å². The van der Waals surface area contributed by atoms with Gasteiger partial charge in [0.15, 0.2) is 6.10 Å². The van der Waals surface area contributed by atoms with Crippen molar-refractivity contribution in [2.24, 2.45) is 0 Å². The average molecular weight is 1110 g/mol. The number of allylic oxidation sites excluding steroid dienone is 22. The van der Waals surface area contributed by atoms with Crippen molar-refractivity contribution in [3.8, 4) is 0 Å². The largest absolute Gasteiger partial charge is 0.462 e. The summed E-state index contributed by atoms with van der Waals surface area (Å²) in [7, 11) is 0. The van der Waals surface area contributed by atoms with Crippen LogP contribution < -0.4 is 0 Å². The third-order valence-corrected chi connectivity index (χ3v) is 13.9. The molecule has 1 unspecified atom stereocenters. The lowest BCUT2D eigenvalue weighted by atomic mass is 10.1. The molecule has 0 saturated heterocycles. The highest BCUT2D eigenvalue weighted by Crippen LogP contribution is 2.15. The Morgan fingerprint density at radius 1 is 0.263 bits per heavy atom. The Balaban J connectivity index is 4.43. The van der Waals surface area contributed by atoms with Crippen molar-refractivity contribution < 1.29 is 28.6 Å². The van der Waals surface area contributed by atoms with Crippen LogP contribution in [0.15, 0.2) is 134 Å². The van der Waals surface area contributed by atoms with Crippen LogP contribution in [0.2, 0.25) is 0 Å². The zero-order valence-corrected chi connectivity index (χ0v) is 52.0. The number of esters is 3. The molecular formula is C74H122O6.